The van der Waals surface area contributed by atoms with E-state index < -0.39 is 0 Å². The van der Waals surface area contributed by atoms with Crippen molar-refractivity contribution in [2.75, 3.05) is 0 Å². The van der Waals surface area contributed by atoms with Crippen molar-refractivity contribution in [2.24, 2.45) is 10.8 Å². The molecule has 1 heteroatoms. The molecule has 0 spiro atoms. The molecule has 0 saturated heterocycles. The molecule has 0 fully saturated rings. The lowest BCUT2D eigenvalue weighted by molar-refractivity contribution is 0.494. The second kappa shape index (κ2) is 3.27. The van der Waals surface area contributed by atoms with Crippen molar-refractivity contribution < 1.29 is 0 Å². The Morgan fingerprint density at radius 1 is 1.00 bits per heavy atom. The molecule has 0 aliphatic rings. The minimum atomic E-state index is 0.290. The van der Waals surface area contributed by atoms with Gasteiger partial charge in [0.2, 0.25) is 0 Å². The highest BCUT2D eigenvalue weighted by Crippen LogP contribution is 2.33. The van der Waals surface area contributed by atoms with Gasteiger partial charge in [0.15, 0.2) is 0 Å². The van der Waals surface area contributed by atoms with Gasteiger partial charge in [-0.2, -0.15) is 0 Å². The molecule has 0 heterocycles. The summed E-state index contributed by atoms with van der Waals surface area (Å²) in [7, 11) is 2.83. The van der Waals surface area contributed by atoms with E-state index in [4.69, 9.17) is 0 Å². The smallest absolute Gasteiger partial charge is 0.0136 e. The van der Waals surface area contributed by atoms with Crippen LogP contribution in [0.5, 0.6) is 0 Å². The van der Waals surface area contributed by atoms with Crippen LogP contribution in [0.4, 0.5) is 0 Å². The average molecular weight is 172 g/mol. The van der Waals surface area contributed by atoms with Gasteiger partial charge in [-0.3, -0.25) is 0 Å². The molecule has 0 radical (unpaired) electrons. The van der Waals surface area contributed by atoms with E-state index in [1.165, 1.54) is 5.31 Å². The predicted octanol–water partition coefficient (Wildman–Crippen LogP) is 3.84. The zero-order chi connectivity index (χ0) is 9.28. The van der Waals surface area contributed by atoms with Crippen LogP contribution in [0, 0.1) is 10.8 Å². The van der Waals surface area contributed by atoms with Gasteiger partial charge in [-0.15, -0.1) is 9.24 Å². The molecule has 11 heavy (non-hydrogen) atoms. The summed E-state index contributed by atoms with van der Waals surface area (Å²) >= 11 is 0. The number of hydrogen-bond donors (Lipinski definition) is 0. The highest BCUT2D eigenvalue weighted by molar-refractivity contribution is 7.22. The summed E-state index contributed by atoms with van der Waals surface area (Å²) in [6.07, 6.45) is 2.32. The lowest BCUT2D eigenvalue weighted by Crippen LogP contribution is -2.09. The maximum absolute atomic E-state index is 2.83. The lowest BCUT2D eigenvalue weighted by atomic mass is 9.89. The first-order valence-corrected chi connectivity index (χ1v) is 4.69. The largest absolute Gasteiger partial charge is 0.110 e. The van der Waals surface area contributed by atoms with Crippen LogP contribution in [0.25, 0.3) is 0 Å². The Bertz CT molecular complexity index is 153. The molecule has 1 atom stereocenters. The predicted molar refractivity (Wildman–Crippen MR) is 56.7 cm³/mol. The third-order valence-corrected chi connectivity index (χ3v) is 2.49. The van der Waals surface area contributed by atoms with Crippen molar-refractivity contribution in [2.45, 2.75) is 41.5 Å². The van der Waals surface area contributed by atoms with Crippen LogP contribution >= 0.6 is 9.24 Å². The van der Waals surface area contributed by atoms with Crippen molar-refractivity contribution >= 4 is 9.24 Å². The Kier molecular flexibility index (Phi) is 3.32. The van der Waals surface area contributed by atoms with E-state index in [2.05, 4.69) is 56.9 Å². The van der Waals surface area contributed by atoms with Gasteiger partial charge in [0, 0.05) is 0 Å². The summed E-state index contributed by atoms with van der Waals surface area (Å²) in [6, 6.07) is 0. The highest BCUT2D eigenvalue weighted by atomic mass is 31.0. The van der Waals surface area contributed by atoms with Gasteiger partial charge in [-0.05, 0) is 10.8 Å². The fourth-order valence-corrected chi connectivity index (χ4v) is 1.18. The molecule has 0 amide bonds. The summed E-state index contributed by atoms with van der Waals surface area (Å²) in [5, 5.41) is 1.39. The fraction of sp³-hybridized carbons (Fsp3) is 0.800. The van der Waals surface area contributed by atoms with Crippen molar-refractivity contribution in [1.29, 1.82) is 0 Å². The highest BCUT2D eigenvalue weighted by Gasteiger charge is 2.15. The SMILES string of the molecule is CC(C)(C)/C=C(\P)C(C)(C)C. The van der Waals surface area contributed by atoms with Gasteiger partial charge in [-0.1, -0.05) is 52.9 Å². The Balaban J connectivity index is 4.49. The maximum Gasteiger partial charge on any atom is -0.0136 e. The van der Waals surface area contributed by atoms with Crippen molar-refractivity contribution in [3.8, 4) is 0 Å². The van der Waals surface area contributed by atoms with Crippen molar-refractivity contribution in [1.82, 2.24) is 0 Å². The molecular weight excluding hydrogens is 151 g/mol. The van der Waals surface area contributed by atoms with Gasteiger partial charge in [0.05, 0.1) is 0 Å². The zero-order valence-corrected chi connectivity index (χ0v) is 9.81. The van der Waals surface area contributed by atoms with Gasteiger partial charge in [0.25, 0.3) is 0 Å². The molecular formula is C10H21P. The summed E-state index contributed by atoms with van der Waals surface area (Å²) in [4.78, 5) is 0. The van der Waals surface area contributed by atoms with E-state index in [0.29, 0.717) is 5.41 Å². The van der Waals surface area contributed by atoms with Crippen LogP contribution in [0.3, 0.4) is 0 Å². The molecule has 0 aromatic heterocycles. The molecule has 0 aromatic rings. The Labute approximate surface area is 73.7 Å². The summed E-state index contributed by atoms with van der Waals surface area (Å²) in [5.74, 6) is 0. The first-order chi connectivity index (χ1) is 4.63. The van der Waals surface area contributed by atoms with Crippen LogP contribution < -0.4 is 0 Å². The van der Waals surface area contributed by atoms with Gasteiger partial charge >= 0.3 is 0 Å². The van der Waals surface area contributed by atoms with E-state index in [1.807, 2.05) is 0 Å². The van der Waals surface area contributed by atoms with Crippen LogP contribution in [-0.4, -0.2) is 0 Å². The van der Waals surface area contributed by atoms with Gasteiger partial charge in [0.1, 0.15) is 0 Å². The molecule has 0 aliphatic heterocycles. The van der Waals surface area contributed by atoms with Crippen molar-refractivity contribution in [3.05, 3.63) is 11.4 Å². The third-order valence-electron chi connectivity index (χ3n) is 1.45. The zero-order valence-electron chi connectivity index (χ0n) is 8.65. The van der Waals surface area contributed by atoms with Crippen LogP contribution in [0.15, 0.2) is 11.4 Å². The maximum atomic E-state index is 2.83. The van der Waals surface area contributed by atoms with Crippen molar-refractivity contribution in [3.63, 3.8) is 0 Å². The molecule has 0 rings (SSSR count). The Morgan fingerprint density at radius 2 is 1.36 bits per heavy atom. The minimum absolute atomic E-state index is 0.290. The standard InChI is InChI=1S/C10H21P/c1-9(2,3)7-8(11)10(4,5)6/h7H,11H2,1-6H3/b8-7-. The molecule has 1 unspecified atom stereocenters. The molecule has 0 aliphatic carbocycles. The number of allylic oxidation sites excluding steroid dienone is 2. The first kappa shape index (κ1) is 11.2. The van der Waals surface area contributed by atoms with E-state index in [1.54, 1.807) is 0 Å². The molecule has 0 aromatic carbocycles. The molecule has 0 saturated carbocycles. The second-order valence-corrected chi connectivity index (χ2v) is 5.84. The normalized spacial score (nSPS) is 15.4. The molecule has 0 nitrogen and oxygen atoms in total. The summed E-state index contributed by atoms with van der Waals surface area (Å²) in [6.45, 7) is 13.4. The van der Waals surface area contributed by atoms with Crippen LogP contribution in [-0.2, 0) is 0 Å². The van der Waals surface area contributed by atoms with Gasteiger partial charge in [-0.25, -0.2) is 0 Å². The molecule has 66 valence electrons. The minimum Gasteiger partial charge on any atom is -0.110 e. The fourth-order valence-electron chi connectivity index (χ4n) is 0.683. The van der Waals surface area contributed by atoms with E-state index in [0.717, 1.165) is 0 Å². The summed E-state index contributed by atoms with van der Waals surface area (Å²) < 4.78 is 0. The van der Waals surface area contributed by atoms with Crippen LogP contribution in [0.1, 0.15) is 41.5 Å². The Morgan fingerprint density at radius 3 is 1.45 bits per heavy atom. The van der Waals surface area contributed by atoms with Crippen LogP contribution in [0.2, 0.25) is 0 Å². The molecule has 0 N–H and O–H groups in total. The first-order valence-electron chi connectivity index (χ1n) is 4.12. The topological polar surface area (TPSA) is 0 Å². The lowest BCUT2D eigenvalue weighted by Gasteiger charge is -2.23. The van der Waals surface area contributed by atoms with E-state index in [9.17, 15) is 0 Å². The quantitative estimate of drug-likeness (QED) is 0.487. The second-order valence-electron chi connectivity index (χ2n) is 5.22. The molecule has 0 bridgehead atoms. The Hall–Kier alpha value is 0.170. The third kappa shape index (κ3) is 5.44. The van der Waals surface area contributed by atoms with E-state index >= 15 is 0 Å². The monoisotopic (exact) mass is 172 g/mol. The number of hydrogen-bond acceptors (Lipinski definition) is 0. The number of rotatable bonds is 0. The summed E-state index contributed by atoms with van der Waals surface area (Å²) in [5.41, 5.74) is 0.586. The average Bonchev–Trinajstić information content (AvgIpc) is 1.56. The van der Waals surface area contributed by atoms with Gasteiger partial charge < -0.3 is 0 Å². The van der Waals surface area contributed by atoms with E-state index in [-0.39, 0.29) is 5.41 Å².